The molecule has 0 aliphatic carbocycles. The molecule has 4 rings (SSSR count). The number of aromatic nitrogens is 2. The lowest BCUT2D eigenvalue weighted by atomic mass is 10.2. The standard InChI is InChI=1S/C23H19ClN2O2S/c1-14-7-9-18(13-25-14)26-15(2)22(20-10-8-17(24)12-21(20)26)29-19-6-4-5-16(11-19)23(27)28-3/h4-13H,1-3H3. The van der Waals surface area contributed by atoms with Crippen LogP contribution in [-0.4, -0.2) is 22.6 Å². The summed E-state index contributed by atoms with van der Waals surface area (Å²) in [5.41, 5.74) is 4.59. The van der Waals surface area contributed by atoms with Crippen LogP contribution in [0.1, 0.15) is 21.7 Å². The fourth-order valence-electron chi connectivity index (χ4n) is 3.34. The van der Waals surface area contributed by atoms with Crippen LogP contribution in [0.4, 0.5) is 0 Å². The van der Waals surface area contributed by atoms with Crippen LogP contribution < -0.4 is 0 Å². The summed E-state index contributed by atoms with van der Waals surface area (Å²) in [7, 11) is 1.39. The Hall–Kier alpha value is -2.76. The highest BCUT2D eigenvalue weighted by Gasteiger charge is 2.18. The maximum absolute atomic E-state index is 11.9. The van der Waals surface area contributed by atoms with Gasteiger partial charge in [0.05, 0.1) is 30.1 Å². The van der Waals surface area contributed by atoms with Gasteiger partial charge in [0.25, 0.3) is 0 Å². The van der Waals surface area contributed by atoms with Crippen LogP contribution in [-0.2, 0) is 4.74 Å². The van der Waals surface area contributed by atoms with Gasteiger partial charge in [0.2, 0.25) is 0 Å². The molecule has 0 saturated heterocycles. The van der Waals surface area contributed by atoms with Gasteiger partial charge in [0.1, 0.15) is 0 Å². The van der Waals surface area contributed by atoms with Gasteiger partial charge in [0, 0.05) is 31.6 Å². The average Bonchev–Trinajstić information content (AvgIpc) is 2.99. The number of methoxy groups -OCH3 is 1. The highest BCUT2D eigenvalue weighted by atomic mass is 35.5. The summed E-state index contributed by atoms with van der Waals surface area (Å²) in [6.07, 6.45) is 1.87. The SMILES string of the molecule is COC(=O)c1cccc(Sc2c(C)n(-c3ccc(C)nc3)c3cc(Cl)ccc23)c1. The van der Waals surface area contributed by atoms with Crippen LogP contribution in [0.5, 0.6) is 0 Å². The topological polar surface area (TPSA) is 44.1 Å². The molecule has 0 bridgehead atoms. The van der Waals surface area contributed by atoms with Gasteiger partial charge in [-0.05, 0) is 56.3 Å². The van der Waals surface area contributed by atoms with Gasteiger partial charge in [-0.3, -0.25) is 4.98 Å². The summed E-state index contributed by atoms with van der Waals surface area (Å²) in [6.45, 7) is 4.05. The molecule has 0 atom stereocenters. The number of esters is 1. The molecular weight excluding hydrogens is 404 g/mol. The Labute approximate surface area is 178 Å². The number of halogens is 1. The molecule has 0 aliphatic rings. The van der Waals surface area contributed by atoms with E-state index in [9.17, 15) is 4.79 Å². The third kappa shape index (κ3) is 3.76. The molecule has 0 fully saturated rings. The Bertz CT molecular complexity index is 1220. The van der Waals surface area contributed by atoms with Crippen molar-refractivity contribution >= 4 is 40.2 Å². The van der Waals surface area contributed by atoms with Crippen LogP contribution in [0.15, 0.2) is 70.6 Å². The van der Waals surface area contributed by atoms with E-state index in [1.165, 1.54) is 7.11 Å². The molecule has 29 heavy (non-hydrogen) atoms. The number of carbonyl (C=O) groups is 1. The average molecular weight is 423 g/mol. The lowest BCUT2D eigenvalue weighted by Crippen LogP contribution is -2.00. The molecule has 0 spiro atoms. The van der Waals surface area contributed by atoms with Crippen LogP contribution in [0.3, 0.4) is 0 Å². The number of rotatable bonds is 4. The van der Waals surface area contributed by atoms with E-state index in [0.717, 1.165) is 37.8 Å². The van der Waals surface area contributed by atoms with Crippen molar-refractivity contribution in [2.24, 2.45) is 0 Å². The number of benzene rings is 2. The lowest BCUT2D eigenvalue weighted by molar-refractivity contribution is 0.0600. The third-order valence-electron chi connectivity index (χ3n) is 4.74. The van der Waals surface area contributed by atoms with Crippen molar-refractivity contribution in [1.29, 1.82) is 0 Å². The number of ether oxygens (including phenoxy) is 1. The Morgan fingerprint density at radius 3 is 2.66 bits per heavy atom. The van der Waals surface area contributed by atoms with E-state index in [0.29, 0.717) is 10.6 Å². The molecule has 6 heteroatoms. The fourth-order valence-corrected chi connectivity index (χ4v) is 4.59. The highest BCUT2D eigenvalue weighted by molar-refractivity contribution is 7.99. The van der Waals surface area contributed by atoms with E-state index in [4.69, 9.17) is 16.3 Å². The minimum atomic E-state index is -0.343. The van der Waals surface area contributed by atoms with E-state index in [-0.39, 0.29) is 5.97 Å². The minimum Gasteiger partial charge on any atom is -0.465 e. The zero-order valence-corrected chi connectivity index (χ0v) is 17.8. The van der Waals surface area contributed by atoms with Crippen molar-refractivity contribution in [3.63, 3.8) is 0 Å². The van der Waals surface area contributed by atoms with Crippen molar-refractivity contribution in [3.8, 4) is 5.69 Å². The fraction of sp³-hybridized carbons (Fsp3) is 0.130. The van der Waals surface area contributed by atoms with E-state index >= 15 is 0 Å². The smallest absolute Gasteiger partial charge is 0.337 e. The van der Waals surface area contributed by atoms with Gasteiger partial charge in [-0.15, -0.1) is 0 Å². The Morgan fingerprint density at radius 2 is 1.93 bits per heavy atom. The molecular formula is C23H19ClN2O2S. The second-order valence-electron chi connectivity index (χ2n) is 6.69. The number of pyridine rings is 1. The van der Waals surface area contributed by atoms with Crippen LogP contribution in [0.2, 0.25) is 5.02 Å². The maximum Gasteiger partial charge on any atom is 0.337 e. The van der Waals surface area contributed by atoms with Crippen LogP contribution in [0.25, 0.3) is 16.6 Å². The predicted octanol–water partition coefficient (Wildman–Crippen LogP) is 6.23. The quantitative estimate of drug-likeness (QED) is 0.365. The highest BCUT2D eigenvalue weighted by Crippen LogP contribution is 2.40. The van der Waals surface area contributed by atoms with Gasteiger partial charge in [-0.2, -0.15) is 0 Å². The van der Waals surface area contributed by atoms with Gasteiger partial charge < -0.3 is 9.30 Å². The number of carbonyl (C=O) groups excluding carboxylic acids is 1. The first kappa shape index (κ1) is 19.6. The second kappa shape index (κ2) is 7.93. The van der Waals surface area contributed by atoms with Gasteiger partial charge in [-0.25, -0.2) is 4.79 Å². The monoisotopic (exact) mass is 422 g/mol. The minimum absolute atomic E-state index is 0.343. The number of aryl methyl sites for hydroxylation is 1. The first-order valence-electron chi connectivity index (χ1n) is 9.08. The first-order chi connectivity index (χ1) is 14.0. The van der Waals surface area contributed by atoms with Crippen molar-refractivity contribution in [2.45, 2.75) is 23.6 Å². The third-order valence-corrected chi connectivity index (χ3v) is 6.18. The molecule has 0 N–H and O–H groups in total. The van der Waals surface area contributed by atoms with Crippen molar-refractivity contribution in [3.05, 3.63) is 82.8 Å². The van der Waals surface area contributed by atoms with Gasteiger partial charge >= 0.3 is 5.97 Å². The molecule has 2 aromatic carbocycles. The summed E-state index contributed by atoms with van der Waals surface area (Å²) in [5.74, 6) is -0.343. The summed E-state index contributed by atoms with van der Waals surface area (Å²) < 4.78 is 7.01. The summed E-state index contributed by atoms with van der Waals surface area (Å²) in [4.78, 5) is 18.4. The van der Waals surface area contributed by atoms with Crippen molar-refractivity contribution in [2.75, 3.05) is 7.11 Å². The van der Waals surface area contributed by atoms with Gasteiger partial charge in [-0.1, -0.05) is 35.5 Å². The van der Waals surface area contributed by atoms with Crippen LogP contribution >= 0.6 is 23.4 Å². The van der Waals surface area contributed by atoms with Gasteiger partial charge in [0.15, 0.2) is 0 Å². The summed E-state index contributed by atoms with van der Waals surface area (Å²) in [6, 6.07) is 17.4. The Morgan fingerprint density at radius 1 is 1.10 bits per heavy atom. The van der Waals surface area contributed by atoms with E-state index in [1.54, 1.807) is 17.8 Å². The molecule has 2 aromatic heterocycles. The molecule has 0 saturated carbocycles. The normalized spacial score (nSPS) is 11.0. The van der Waals surface area contributed by atoms with E-state index < -0.39 is 0 Å². The first-order valence-corrected chi connectivity index (χ1v) is 10.3. The molecule has 4 nitrogen and oxygen atoms in total. The van der Waals surface area contributed by atoms with E-state index in [1.807, 2.05) is 55.6 Å². The molecule has 0 aliphatic heterocycles. The zero-order chi connectivity index (χ0) is 20.5. The van der Waals surface area contributed by atoms with Crippen molar-refractivity contribution in [1.82, 2.24) is 9.55 Å². The molecule has 0 amide bonds. The summed E-state index contributed by atoms with van der Waals surface area (Å²) >= 11 is 7.93. The zero-order valence-electron chi connectivity index (χ0n) is 16.3. The predicted molar refractivity (Wildman–Crippen MR) is 117 cm³/mol. The molecule has 146 valence electrons. The van der Waals surface area contributed by atoms with E-state index in [2.05, 4.69) is 22.5 Å². The number of fused-ring (bicyclic) bond motifs is 1. The van der Waals surface area contributed by atoms with Crippen LogP contribution in [0, 0.1) is 13.8 Å². The van der Waals surface area contributed by atoms with Crippen molar-refractivity contribution < 1.29 is 9.53 Å². The lowest BCUT2D eigenvalue weighted by Gasteiger charge is -2.09. The molecule has 2 heterocycles. The molecule has 4 aromatic rings. The Kier molecular flexibility index (Phi) is 5.35. The molecule has 0 radical (unpaired) electrons. The Balaban J connectivity index is 1.86. The second-order valence-corrected chi connectivity index (χ2v) is 8.21. The number of hydrogen-bond acceptors (Lipinski definition) is 4. The molecule has 0 unspecified atom stereocenters. The maximum atomic E-state index is 11.9. The number of nitrogens with zero attached hydrogens (tertiary/aromatic N) is 2. The largest absolute Gasteiger partial charge is 0.465 e. The summed E-state index contributed by atoms with van der Waals surface area (Å²) in [5, 5.41) is 1.78. The number of hydrogen-bond donors (Lipinski definition) is 0.